The molecular formula is C13H18N2O5. The third kappa shape index (κ3) is 2.71. The molecule has 0 bridgehead atoms. The highest BCUT2D eigenvalue weighted by Gasteiger charge is 2.50. The fraction of sp³-hybridized carbons (Fsp3) is 0.538. The van der Waals surface area contributed by atoms with Gasteiger partial charge in [0.15, 0.2) is 6.26 Å². The van der Waals surface area contributed by atoms with Crippen LogP contribution in [0.4, 0.5) is 4.79 Å². The van der Waals surface area contributed by atoms with Gasteiger partial charge < -0.3 is 19.9 Å². The molecule has 20 heavy (non-hydrogen) atoms. The van der Waals surface area contributed by atoms with Crippen LogP contribution in [0.25, 0.3) is 0 Å². The van der Waals surface area contributed by atoms with Crippen LogP contribution in [0.2, 0.25) is 0 Å². The van der Waals surface area contributed by atoms with E-state index in [2.05, 4.69) is 0 Å². The Labute approximate surface area is 116 Å². The van der Waals surface area contributed by atoms with Crippen LogP contribution in [0.3, 0.4) is 0 Å². The van der Waals surface area contributed by atoms with E-state index in [0.717, 1.165) is 0 Å². The zero-order chi connectivity index (χ0) is 14.9. The maximum absolute atomic E-state index is 12.2. The summed E-state index contributed by atoms with van der Waals surface area (Å²) in [6, 6.07) is -0.385. The number of likely N-dealkylation sites (tertiary alicyclic amines) is 1. The number of nitrogens with zero attached hydrogens (tertiary/aromatic N) is 1. The van der Waals surface area contributed by atoms with Crippen LogP contribution in [-0.4, -0.2) is 29.0 Å². The molecule has 2 aliphatic rings. The average molecular weight is 282 g/mol. The van der Waals surface area contributed by atoms with Gasteiger partial charge >= 0.3 is 6.09 Å². The van der Waals surface area contributed by atoms with E-state index in [4.69, 9.17) is 19.9 Å². The van der Waals surface area contributed by atoms with Gasteiger partial charge in [-0.3, -0.25) is 9.69 Å². The van der Waals surface area contributed by atoms with E-state index < -0.39 is 12.2 Å². The number of carbonyl (C=O) groups excluding carboxylic acids is 2. The van der Waals surface area contributed by atoms with E-state index in [1.54, 1.807) is 0 Å². The smallest absolute Gasteiger partial charge is 0.404 e. The van der Waals surface area contributed by atoms with E-state index in [9.17, 15) is 9.59 Å². The Hall–Kier alpha value is -2.18. The van der Waals surface area contributed by atoms with E-state index in [1.165, 1.54) is 23.7 Å². The van der Waals surface area contributed by atoms with Crippen LogP contribution >= 0.6 is 0 Å². The zero-order valence-electron chi connectivity index (χ0n) is 11.7. The number of primary amides is 1. The lowest BCUT2D eigenvalue weighted by molar-refractivity contribution is -0.130. The van der Waals surface area contributed by atoms with Crippen molar-refractivity contribution in [3.63, 3.8) is 0 Å². The summed E-state index contributed by atoms with van der Waals surface area (Å²) >= 11 is 0. The van der Waals surface area contributed by atoms with Gasteiger partial charge in [-0.15, -0.1) is 0 Å². The Morgan fingerprint density at radius 1 is 1.45 bits per heavy atom. The fourth-order valence-corrected chi connectivity index (χ4v) is 2.53. The molecule has 0 aromatic heterocycles. The summed E-state index contributed by atoms with van der Waals surface area (Å²) in [6.07, 6.45) is 2.58. The largest absolute Gasteiger partial charge is 0.464 e. The Morgan fingerprint density at radius 2 is 2.15 bits per heavy atom. The monoisotopic (exact) mass is 282 g/mol. The number of hydrogen-bond donors (Lipinski definition) is 1. The quantitative estimate of drug-likeness (QED) is 0.827. The van der Waals surface area contributed by atoms with Gasteiger partial charge in [0.1, 0.15) is 18.6 Å². The number of carbonyl (C=O) groups is 2. The topological polar surface area (TPSA) is 91.1 Å². The van der Waals surface area contributed by atoms with Gasteiger partial charge in [0.2, 0.25) is 11.8 Å². The second-order valence-electron chi connectivity index (χ2n) is 5.74. The zero-order valence-corrected chi connectivity index (χ0v) is 11.7. The van der Waals surface area contributed by atoms with Crippen LogP contribution < -0.4 is 5.73 Å². The second-order valence-corrected chi connectivity index (χ2v) is 5.74. The molecule has 0 aliphatic carbocycles. The SMILES string of the molecule is CC(C)(C)C1C(OC(N)=O)CC(=O)N1C1=COC=CO1. The third-order valence-corrected chi connectivity index (χ3v) is 3.16. The van der Waals surface area contributed by atoms with Crippen molar-refractivity contribution in [2.75, 3.05) is 0 Å². The maximum atomic E-state index is 12.2. The van der Waals surface area contributed by atoms with Crippen molar-refractivity contribution < 1.29 is 23.8 Å². The van der Waals surface area contributed by atoms with Crippen LogP contribution in [0, 0.1) is 5.41 Å². The lowest BCUT2D eigenvalue weighted by Crippen LogP contribution is -2.47. The van der Waals surface area contributed by atoms with Gasteiger partial charge in [-0.1, -0.05) is 20.8 Å². The van der Waals surface area contributed by atoms with Gasteiger partial charge in [0, 0.05) is 0 Å². The summed E-state index contributed by atoms with van der Waals surface area (Å²) in [6.45, 7) is 5.84. The molecule has 2 aliphatic heterocycles. The molecule has 2 atom stereocenters. The van der Waals surface area contributed by atoms with Crippen LogP contribution in [-0.2, 0) is 19.0 Å². The summed E-state index contributed by atoms with van der Waals surface area (Å²) in [5.74, 6) is 0.0642. The van der Waals surface area contributed by atoms with Crippen molar-refractivity contribution in [2.45, 2.75) is 39.3 Å². The van der Waals surface area contributed by atoms with Crippen molar-refractivity contribution in [3.8, 4) is 0 Å². The molecule has 2 amide bonds. The van der Waals surface area contributed by atoms with Crippen LogP contribution in [0.1, 0.15) is 27.2 Å². The van der Waals surface area contributed by atoms with Crippen molar-refractivity contribution in [1.29, 1.82) is 0 Å². The normalized spacial score (nSPS) is 25.9. The molecule has 2 unspecified atom stereocenters. The maximum Gasteiger partial charge on any atom is 0.404 e. The number of nitrogens with two attached hydrogens (primary N) is 1. The molecule has 0 radical (unpaired) electrons. The van der Waals surface area contributed by atoms with Crippen molar-refractivity contribution in [2.24, 2.45) is 11.1 Å². The molecule has 0 aromatic carbocycles. The summed E-state index contributed by atoms with van der Waals surface area (Å²) in [5.41, 5.74) is 4.74. The number of hydrogen-bond acceptors (Lipinski definition) is 5. The first kappa shape index (κ1) is 14.2. The Balaban J connectivity index is 2.31. The molecule has 0 saturated carbocycles. The Bertz CT molecular complexity index is 478. The molecule has 2 rings (SSSR count). The first-order valence-corrected chi connectivity index (χ1v) is 6.26. The van der Waals surface area contributed by atoms with Gasteiger partial charge in [-0.2, -0.15) is 0 Å². The van der Waals surface area contributed by atoms with Gasteiger partial charge in [-0.25, -0.2) is 4.79 Å². The lowest BCUT2D eigenvalue weighted by atomic mass is 9.83. The Morgan fingerprint density at radius 3 is 2.65 bits per heavy atom. The van der Waals surface area contributed by atoms with E-state index in [0.29, 0.717) is 0 Å². The van der Waals surface area contributed by atoms with Crippen molar-refractivity contribution in [3.05, 3.63) is 24.7 Å². The van der Waals surface area contributed by atoms with E-state index in [1.807, 2.05) is 20.8 Å². The molecule has 1 saturated heterocycles. The van der Waals surface area contributed by atoms with Gasteiger partial charge in [-0.05, 0) is 5.41 Å². The second kappa shape index (κ2) is 5.07. The first-order chi connectivity index (χ1) is 9.30. The molecule has 1 fully saturated rings. The summed E-state index contributed by atoms with van der Waals surface area (Å²) in [4.78, 5) is 24.7. The predicted molar refractivity (Wildman–Crippen MR) is 68.6 cm³/mol. The third-order valence-electron chi connectivity index (χ3n) is 3.16. The molecule has 110 valence electrons. The number of rotatable bonds is 2. The summed E-state index contributed by atoms with van der Waals surface area (Å²) < 4.78 is 15.4. The minimum atomic E-state index is -0.895. The van der Waals surface area contributed by atoms with E-state index in [-0.39, 0.29) is 29.7 Å². The van der Waals surface area contributed by atoms with E-state index >= 15 is 0 Å². The van der Waals surface area contributed by atoms with Gasteiger partial charge in [0.05, 0.1) is 12.5 Å². The highest BCUT2D eigenvalue weighted by atomic mass is 16.6. The summed E-state index contributed by atoms with van der Waals surface area (Å²) in [5, 5.41) is 0. The summed E-state index contributed by atoms with van der Waals surface area (Å²) in [7, 11) is 0. The number of amides is 2. The minimum Gasteiger partial charge on any atom is -0.464 e. The Kier molecular flexibility index (Phi) is 3.61. The molecular weight excluding hydrogens is 264 g/mol. The average Bonchev–Trinajstić information content (AvgIpc) is 2.65. The molecule has 2 heterocycles. The first-order valence-electron chi connectivity index (χ1n) is 6.26. The molecule has 0 spiro atoms. The molecule has 7 nitrogen and oxygen atoms in total. The molecule has 2 N–H and O–H groups in total. The lowest BCUT2D eigenvalue weighted by Gasteiger charge is -2.37. The van der Waals surface area contributed by atoms with Gasteiger partial charge in [0.25, 0.3) is 0 Å². The minimum absolute atomic E-state index is 0.0648. The fourth-order valence-electron chi connectivity index (χ4n) is 2.53. The highest BCUT2D eigenvalue weighted by Crippen LogP contribution is 2.38. The number of ether oxygens (including phenoxy) is 3. The molecule has 7 heteroatoms. The van der Waals surface area contributed by atoms with Crippen molar-refractivity contribution >= 4 is 12.0 Å². The standard InChI is InChI=1S/C13H18N2O5/c1-13(2,3)11-8(20-12(14)17)6-9(16)15(11)10-7-18-4-5-19-10/h4-5,7-8,11H,6H2,1-3H3,(H2,14,17). The van der Waals surface area contributed by atoms with Crippen LogP contribution in [0.5, 0.6) is 0 Å². The highest BCUT2D eigenvalue weighted by molar-refractivity contribution is 5.82. The van der Waals surface area contributed by atoms with Crippen molar-refractivity contribution in [1.82, 2.24) is 4.90 Å². The van der Waals surface area contributed by atoms with Crippen LogP contribution in [0.15, 0.2) is 24.7 Å². The molecule has 0 aromatic rings. The predicted octanol–water partition coefficient (Wildman–Crippen LogP) is 1.41.